The summed E-state index contributed by atoms with van der Waals surface area (Å²) in [4.78, 5) is 23.4. The fraction of sp³-hybridized carbons (Fsp3) is 0.714. The molecule has 0 aliphatic heterocycles. The Bertz CT molecular complexity index is 675. The minimum Gasteiger partial charge on any atom is -0.368 e. The Morgan fingerprint density at radius 1 is 1.20 bits per heavy atom. The average Bonchev–Trinajstić information content (AvgIpc) is 2.93. The lowest BCUT2D eigenvalue weighted by atomic mass is 9.47. The van der Waals surface area contributed by atoms with Crippen LogP contribution in [0.25, 0.3) is 0 Å². The molecule has 0 saturated heterocycles. The zero-order chi connectivity index (χ0) is 18.0. The number of aliphatic hydroxyl groups is 2. The van der Waals surface area contributed by atoms with Gasteiger partial charge in [-0.3, -0.25) is 9.59 Å². The van der Waals surface area contributed by atoms with Crippen LogP contribution in [-0.4, -0.2) is 28.6 Å². The van der Waals surface area contributed by atoms with Gasteiger partial charge in [-0.05, 0) is 68.3 Å². The first kappa shape index (κ1) is 17.2. The number of carbonyl (C=O) groups excluding carboxylic acids is 2. The Balaban J connectivity index is 1.74. The Morgan fingerprint density at radius 3 is 2.64 bits per heavy atom. The van der Waals surface area contributed by atoms with Gasteiger partial charge in [-0.2, -0.15) is 0 Å². The van der Waals surface area contributed by atoms with Gasteiger partial charge in [-0.1, -0.05) is 25.5 Å². The van der Waals surface area contributed by atoms with E-state index in [1.54, 1.807) is 6.08 Å². The second kappa shape index (κ2) is 5.62. The van der Waals surface area contributed by atoms with Crippen molar-refractivity contribution in [2.24, 2.45) is 34.5 Å². The highest BCUT2D eigenvalue weighted by Gasteiger charge is 2.61. The van der Waals surface area contributed by atoms with E-state index in [1.165, 1.54) is 0 Å². The first-order valence-electron chi connectivity index (χ1n) is 9.64. The van der Waals surface area contributed by atoms with Crippen molar-refractivity contribution in [3.05, 3.63) is 23.3 Å². The smallest absolute Gasteiger partial charge is 0.188 e. The van der Waals surface area contributed by atoms with Crippen molar-refractivity contribution in [1.29, 1.82) is 0 Å². The summed E-state index contributed by atoms with van der Waals surface area (Å²) >= 11 is 0. The van der Waals surface area contributed by atoms with Gasteiger partial charge in [0.05, 0.1) is 5.57 Å². The van der Waals surface area contributed by atoms with E-state index in [0.717, 1.165) is 44.1 Å². The Morgan fingerprint density at radius 2 is 1.96 bits per heavy atom. The van der Waals surface area contributed by atoms with Gasteiger partial charge in [0.1, 0.15) is 0 Å². The fourth-order valence-corrected chi connectivity index (χ4v) is 6.98. The summed E-state index contributed by atoms with van der Waals surface area (Å²) in [6, 6.07) is 0. The van der Waals surface area contributed by atoms with Crippen LogP contribution in [0.5, 0.6) is 0 Å². The largest absolute Gasteiger partial charge is 0.368 e. The molecule has 0 spiro atoms. The fourth-order valence-electron chi connectivity index (χ4n) is 6.98. The number of hydrogen-bond acceptors (Lipinski definition) is 4. The Hall–Kier alpha value is -1.26. The molecule has 25 heavy (non-hydrogen) atoms. The molecule has 0 bridgehead atoms. The van der Waals surface area contributed by atoms with Crippen LogP contribution in [-0.2, 0) is 9.59 Å². The topological polar surface area (TPSA) is 74.6 Å². The number of allylic oxidation sites excluding steroid dienone is 4. The number of rotatable bonds is 2. The van der Waals surface area contributed by atoms with Crippen LogP contribution in [0.2, 0.25) is 0 Å². The molecule has 1 unspecified atom stereocenters. The Kier molecular flexibility index (Phi) is 3.86. The van der Waals surface area contributed by atoms with Crippen LogP contribution in [0.4, 0.5) is 0 Å². The predicted octanol–water partition coefficient (Wildman–Crippen LogP) is 2.79. The van der Waals surface area contributed by atoms with Crippen LogP contribution in [0.3, 0.4) is 0 Å². The quantitative estimate of drug-likeness (QED) is 0.459. The second-order valence-electron chi connectivity index (χ2n) is 8.95. The molecule has 0 amide bonds. The molecule has 2 N–H and O–H groups in total. The number of aldehydes is 1. The van der Waals surface area contributed by atoms with Gasteiger partial charge < -0.3 is 10.2 Å². The van der Waals surface area contributed by atoms with Crippen molar-refractivity contribution in [3.63, 3.8) is 0 Å². The van der Waals surface area contributed by atoms with Crippen LogP contribution < -0.4 is 0 Å². The third-order valence-corrected chi connectivity index (χ3v) is 8.30. The first-order valence-corrected chi connectivity index (χ1v) is 9.64. The molecule has 0 aromatic rings. The zero-order valence-electron chi connectivity index (χ0n) is 15.1. The van der Waals surface area contributed by atoms with Crippen LogP contribution >= 0.6 is 0 Å². The maximum Gasteiger partial charge on any atom is 0.188 e. The summed E-state index contributed by atoms with van der Waals surface area (Å²) in [5, 5.41) is 20.5. The molecule has 0 aromatic heterocycles. The van der Waals surface area contributed by atoms with Crippen LogP contribution in [0.15, 0.2) is 23.3 Å². The van der Waals surface area contributed by atoms with Crippen molar-refractivity contribution in [2.45, 2.75) is 58.7 Å². The van der Waals surface area contributed by atoms with Crippen molar-refractivity contribution in [1.82, 2.24) is 0 Å². The van der Waals surface area contributed by atoms with E-state index in [0.29, 0.717) is 30.0 Å². The molecular formula is C21H28O4. The van der Waals surface area contributed by atoms with E-state index in [9.17, 15) is 19.8 Å². The third-order valence-electron chi connectivity index (χ3n) is 8.30. The SMILES string of the molecule is CC1CC[C@H]2[C@@H]3CCC4=CC(=O)C(C=O)=C[C@]4(C)[C@H]3CC[C@]12C(O)O. The molecule has 0 heterocycles. The van der Waals surface area contributed by atoms with Gasteiger partial charge in [0.2, 0.25) is 0 Å². The standard InChI is InChI=1S/C21H28O4/c1-12-3-6-17-15-5-4-14-9-18(23)13(11-22)10-20(14,2)16(15)7-8-21(12,17)19(24)25/h9-12,15-17,19,24-25H,3-8H2,1-2H3/t12?,15-,16+,17+,20+,21+/m1/s1. The number of carbonyl (C=O) groups is 2. The summed E-state index contributed by atoms with van der Waals surface area (Å²) in [6.45, 7) is 4.34. The van der Waals surface area contributed by atoms with Gasteiger partial charge in [-0.15, -0.1) is 0 Å². The van der Waals surface area contributed by atoms with Gasteiger partial charge in [-0.25, -0.2) is 0 Å². The summed E-state index contributed by atoms with van der Waals surface area (Å²) in [5.74, 6) is 1.30. The lowest BCUT2D eigenvalue weighted by molar-refractivity contribution is -0.201. The molecule has 3 saturated carbocycles. The van der Waals surface area contributed by atoms with Gasteiger partial charge in [0, 0.05) is 10.8 Å². The molecule has 4 aliphatic carbocycles. The molecule has 3 fully saturated rings. The number of ketones is 1. The zero-order valence-corrected chi connectivity index (χ0v) is 15.1. The molecule has 4 nitrogen and oxygen atoms in total. The van der Waals surface area contributed by atoms with E-state index in [1.807, 2.05) is 6.08 Å². The number of fused-ring (bicyclic) bond motifs is 5. The summed E-state index contributed by atoms with van der Waals surface area (Å²) in [5.41, 5.74) is 0.824. The number of aliphatic hydroxyl groups excluding tert-OH is 1. The number of hydrogen-bond donors (Lipinski definition) is 2. The second-order valence-corrected chi connectivity index (χ2v) is 8.95. The maximum absolute atomic E-state index is 12.1. The summed E-state index contributed by atoms with van der Waals surface area (Å²) in [6.07, 6.45) is 8.77. The summed E-state index contributed by atoms with van der Waals surface area (Å²) in [7, 11) is 0. The van der Waals surface area contributed by atoms with Crippen molar-refractivity contribution >= 4 is 12.1 Å². The van der Waals surface area contributed by atoms with Crippen molar-refractivity contribution in [3.8, 4) is 0 Å². The monoisotopic (exact) mass is 344 g/mol. The van der Waals surface area contributed by atoms with Crippen LogP contribution in [0.1, 0.15) is 52.4 Å². The van der Waals surface area contributed by atoms with E-state index >= 15 is 0 Å². The molecule has 0 radical (unpaired) electrons. The molecule has 4 aliphatic rings. The lowest BCUT2D eigenvalue weighted by Crippen LogP contribution is -2.54. The molecule has 4 rings (SSSR count). The molecule has 4 heteroatoms. The van der Waals surface area contributed by atoms with E-state index in [2.05, 4.69) is 13.8 Å². The predicted molar refractivity (Wildman–Crippen MR) is 93.3 cm³/mol. The van der Waals surface area contributed by atoms with E-state index in [4.69, 9.17) is 0 Å². The van der Waals surface area contributed by atoms with E-state index in [-0.39, 0.29) is 22.2 Å². The molecule has 6 atom stereocenters. The minimum atomic E-state index is -1.25. The van der Waals surface area contributed by atoms with E-state index < -0.39 is 6.29 Å². The molecule has 0 aromatic carbocycles. The highest BCUT2D eigenvalue weighted by atomic mass is 16.5. The lowest BCUT2D eigenvalue weighted by Gasteiger charge is -2.58. The summed E-state index contributed by atoms with van der Waals surface area (Å²) < 4.78 is 0. The maximum atomic E-state index is 12.1. The highest BCUT2D eigenvalue weighted by molar-refractivity contribution is 6.18. The normalized spacial score (nSPS) is 46.0. The van der Waals surface area contributed by atoms with Gasteiger partial charge in [0.15, 0.2) is 18.4 Å². The van der Waals surface area contributed by atoms with Crippen molar-refractivity contribution in [2.75, 3.05) is 0 Å². The van der Waals surface area contributed by atoms with Gasteiger partial charge >= 0.3 is 0 Å². The van der Waals surface area contributed by atoms with Crippen molar-refractivity contribution < 1.29 is 19.8 Å². The molecular weight excluding hydrogens is 316 g/mol. The third kappa shape index (κ3) is 2.13. The first-order chi connectivity index (χ1) is 11.8. The van der Waals surface area contributed by atoms with Gasteiger partial charge in [0.25, 0.3) is 0 Å². The van der Waals surface area contributed by atoms with Crippen LogP contribution in [0, 0.1) is 34.5 Å². The highest BCUT2D eigenvalue weighted by Crippen LogP contribution is 2.66. The Labute approximate surface area is 149 Å². The minimum absolute atomic E-state index is 0.161. The molecule has 136 valence electrons. The average molecular weight is 344 g/mol.